The van der Waals surface area contributed by atoms with Crippen LogP contribution in [0.25, 0.3) is 0 Å². The minimum Gasteiger partial charge on any atom is -0.363 e. The Labute approximate surface area is 162 Å². The molecule has 0 aliphatic carbocycles. The van der Waals surface area contributed by atoms with Gasteiger partial charge in [0.1, 0.15) is 5.82 Å². The van der Waals surface area contributed by atoms with Crippen molar-refractivity contribution in [2.45, 2.75) is 19.0 Å². The Morgan fingerprint density at radius 1 is 1.19 bits per heavy atom. The molecule has 1 N–H and O–H groups in total. The number of fused-ring (bicyclic) bond motifs is 1. The van der Waals surface area contributed by atoms with Gasteiger partial charge in [0.15, 0.2) is 0 Å². The van der Waals surface area contributed by atoms with E-state index in [4.69, 9.17) is 0 Å². The van der Waals surface area contributed by atoms with Gasteiger partial charge in [0.05, 0.1) is 18.1 Å². The molecule has 3 aromatic rings. The number of benzene rings is 1. The van der Waals surface area contributed by atoms with Crippen molar-refractivity contribution in [1.29, 1.82) is 0 Å². The zero-order valence-electron chi connectivity index (χ0n) is 15.0. The normalized spacial score (nSPS) is 17.1. The first-order chi connectivity index (χ1) is 12.6. The number of aromatic amines is 1. The predicted octanol–water partition coefficient (Wildman–Crippen LogP) is 3.78. The van der Waals surface area contributed by atoms with Gasteiger partial charge >= 0.3 is 0 Å². The van der Waals surface area contributed by atoms with Crippen molar-refractivity contribution in [3.8, 4) is 0 Å². The molecule has 0 fully saturated rings. The SMILES string of the molecule is CN(C)c1cc(CN2CCc3[nH]cnc3C2c2ccc(Br)cc2)ccn1. The molecule has 0 radical (unpaired) electrons. The summed E-state index contributed by atoms with van der Waals surface area (Å²) in [5.74, 6) is 0.986. The molecule has 1 aliphatic heterocycles. The highest BCUT2D eigenvalue weighted by Gasteiger charge is 2.31. The molecule has 3 heterocycles. The maximum Gasteiger partial charge on any atom is 0.128 e. The second kappa shape index (κ2) is 7.21. The minimum atomic E-state index is 0.161. The average Bonchev–Trinajstić information content (AvgIpc) is 3.11. The maximum atomic E-state index is 4.65. The van der Waals surface area contributed by atoms with Crippen LogP contribution in [0.2, 0.25) is 0 Å². The molecule has 5 nitrogen and oxygen atoms in total. The first-order valence-corrected chi connectivity index (χ1v) is 9.55. The quantitative estimate of drug-likeness (QED) is 0.709. The molecule has 1 unspecified atom stereocenters. The first kappa shape index (κ1) is 17.2. The number of nitrogens with one attached hydrogen (secondary N) is 1. The molecule has 26 heavy (non-hydrogen) atoms. The average molecular weight is 412 g/mol. The fourth-order valence-corrected chi connectivity index (χ4v) is 3.81. The van der Waals surface area contributed by atoms with E-state index in [2.05, 4.69) is 72.2 Å². The Hall–Kier alpha value is -2.18. The molecular formula is C20H22BrN5. The third kappa shape index (κ3) is 3.39. The topological polar surface area (TPSA) is 48.0 Å². The lowest BCUT2D eigenvalue weighted by Gasteiger charge is -2.35. The summed E-state index contributed by atoms with van der Waals surface area (Å²) in [6.45, 7) is 1.87. The molecule has 0 bridgehead atoms. The van der Waals surface area contributed by atoms with Crippen molar-refractivity contribution in [1.82, 2.24) is 19.9 Å². The van der Waals surface area contributed by atoms with Gasteiger partial charge in [0.2, 0.25) is 0 Å². The number of nitrogens with zero attached hydrogens (tertiary/aromatic N) is 4. The summed E-state index contributed by atoms with van der Waals surface area (Å²) in [4.78, 5) is 16.9. The molecule has 6 heteroatoms. The Morgan fingerprint density at radius 3 is 2.77 bits per heavy atom. The largest absolute Gasteiger partial charge is 0.363 e. The van der Waals surface area contributed by atoms with E-state index in [1.807, 2.05) is 31.5 Å². The van der Waals surface area contributed by atoms with E-state index < -0.39 is 0 Å². The van der Waals surface area contributed by atoms with Crippen LogP contribution in [0.15, 0.2) is 53.4 Å². The monoisotopic (exact) mass is 411 g/mol. The van der Waals surface area contributed by atoms with Crippen molar-refractivity contribution in [2.75, 3.05) is 25.5 Å². The summed E-state index contributed by atoms with van der Waals surface area (Å²) in [6.07, 6.45) is 4.70. The highest BCUT2D eigenvalue weighted by Crippen LogP contribution is 2.35. The number of pyridine rings is 1. The Kier molecular flexibility index (Phi) is 4.78. The molecular weight excluding hydrogens is 390 g/mol. The second-order valence-corrected chi connectivity index (χ2v) is 7.77. The maximum absolute atomic E-state index is 4.65. The lowest BCUT2D eigenvalue weighted by atomic mass is 9.95. The number of hydrogen-bond donors (Lipinski definition) is 1. The molecule has 1 atom stereocenters. The van der Waals surface area contributed by atoms with Gasteiger partial charge in [-0.15, -0.1) is 0 Å². The van der Waals surface area contributed by atoms with Crippen molar-refractivity contribution in [2.24, 2.45) is 0 Å². The third-order valence-corrected chi connectivity index (χ3v) is 5.39. The molecule has 0 saturated heterocycles. The van der Waals surface area contributed by atoms with E-state index in [-0.39, 0.29) is 6.04 Å². The van der Waals surface area contributed by atoms with Crippen LogP contribution in [0.4, 0.5) is 5.82 Å². The van der Waals surface area contributed by atoms with Crippen molar-refractivity contribution >= 4 is 21.7 Å². The molecule has 0 spiro atoms. The Balaban J connectivity index is 1.68. The van der Waals surface area contributed by atoms with Crippen LogP contribution in [0.5, 0.6) is 0 Å². The van der Waals surface area contributed by atoms with Gasteiger partial charge < -0.3 is 9.88 Å². The summed E-state index contributed by atoms with van der Waals surface area (Å²) in [7, 11) is 4.04. The fraction of sp³-hybridized carbons (Fsp3) is 0.300. The van der Waals surface area contributed by atoms with Gasteiger partial charge in [0, 0.05) is 50.0 Å². The number of hydrogen-bond acceptors (Lipinski definition) is 4. The van der Waals surface area contributed by atoms with Crippen molar-refractivity contribution in [3.63, 3.8) is 0 Å². The number of aromatic nitrogens is 3. The summed E-state index contributed by atoms with van der Waals surface area (Å²) in [6, 6.07) is 13.0. The summed E-state index contributed by atoms with van der Waals surface area (Å²) in [5.41, 5.74) is 4.92. The summed E-state index contributed by atoms with van der Waals surface area (Å²) < 4.78 is 1.09. The van der Waals surface area contributed by atoms with Crippen LogP contribution < -0.4 is 4.90 Å². The molecule has 1 aromatic carbocycles. The molecule has 0 saturated carbocycles. The van der Waals surface area contributed by atoms with E-state index in [1.165, 1.54) is 16.8 Å². The van der Waals surface area contributed by atoms with E-state index in [9.17, 15) is 0 Å². The smallest absolute Gasteiger partial charge is 0.128 e. The van der Waals surface area contributed by atoms with E-state index in [0.29, 0.717) is 0 Å². The van der Waals surface area contributed by atoms with E-state index in [0.717, 1.165) is 35.5 Å². The third-order valence-electron chi connectivity index (χ3n) is 4.86. The molecule has 0 amide bonds. The van der Waals surface area contributed by atoms with Gasteiger partial charge in [0.25, 0.3) is 0 Å². The van der Waals surface area contributed by atoms with E-state index in [1.54, 1.807) is 0 Å². The van der Waals surface area contributed by atoms with Crippen molar-refractivity contribution < 1.29 is 0 Å². The van der Waals surface area contributed by atoms with Crippen LogP contribution >= 0.6 is 15.9 Å². The number of H-pyrrole nitrogens is 1. The standard InChI is InChI=1S/C20H22BrN5/c1-25(2)18-11-14(7-9-22-18)12-26-10-8-17-19(24-13-23-17)20(26)15-3-5-16(21)6-4-15/h3-7,9,11,13,20H,8,10,12H2,1-2H3,(H,23,24). The fourth-order valence-electron chi connectivity index (χ4n) is 3.55. The number of anilines is 1. The molecule has 1 aliphatic rings. The molecule has 4 rings (SSSR count). The summed E-state index contributed by atoms with van der Waals surface area (Å²) in [5, 5.41) is 0. The Bertz CT molecular complexity index is 887. The Morgan fingerprint density at radius 2 is 2.00 bits per heavy atom. The number of halogens is 1. The predicted molar refractivity (Wildman–Crippen MR) is 107 cm³/mol. The zero-order valence-corrected chi connectivity index (χ0v) is 16.6. The van der Waals surface area contributed by atoms with Crippen LogP contribution in [0.1, 0.15) is 28.6 Å². The van der Waals surface area contributed by atoms with Gasteiger partial charge in [-0.2, -0.15) is 0 Å². The van der Waals surface area contributed by atoms with E-state index >= 15 is 0 Å². The van der Waals surface area contributed by atoms with Crippen LogP contribution in [0, 0.1) is 0 Å². The van der Waals surface area contributed by atoms with Crippen LogP contribution in [-0.4, -0.2) is 40.5 Å². The highest BCUT2D eigenvalue weighted by molar-refractivity contribution is 9.10. The van der Waals surface area contributed by atoms with Crippen LogP contribution in [-0.2, 0) is 13.0 Å². The number of rotatable bonds is 4. The molecule has 134 valence electrons. The van der Waals surface area contributed by atoms with Gasteiger partial charge in [-0.05, 0) is 35.4 Å². The van der Waals surface area contributed by atoms with Crippen molar-refractivity contribution in [3.05, 3.63) is 75.9 Å². The lowest BCUT2D eigenvalue weighted by molar-refractivity contribution is 0.200. The number of imidazole rings is 1. The van der Waals surface area contributed by atoms with Gasteiger partial charge in [-0.3, -0.25) is 4.90 Å². The highest BCUT2D eigenvalue weighted by atomic mass is 79.9. The summed E-state index contributed by atoms with van der Waals surface area (Å²) >= 11 is 3.54. The van der Waals surface area contributed by atoms with Crippen LogP contribution in [0.3, 0.4) is 0 Å². The zero-order chi connectivity index (χ0) is 18.1. The van der Waals surface area contributed by atoms with Gasteiger partial charge in [-0.25, -0.2) is 9.97 Å². The second-order valence-electron chi connectivity index (χ2n) is 6.86. The minimum absolute atomic E-state index is 0.161. The first-order valence-electron chi connectivity index (χ1n) is 8.76. The van der Waals surface area contributed by atoms with Gasteiger partial charge in [-0.1, -0.05) is 28.1 Å². The molecule has 2 aromatic heterocycles. The lowest BCUT2D eigenvalue weighted by Crippen LogP contribution is -2.35.